The van der Waals surface area contributed by atoms with Crippen LogP contribution in [0.25, 0.3) is 0 Å². The first-order chi connectivity index (χ1) is 9.63. The predicted molar refractivity (Wildman–Crippen MR) is 76.7 cm³/mol. The Balaban J connectivity index is 2.29. The summed E-state index contributed by atoms with van der Waals surface area (Å²) in [6.07, 6.45) is 4.32. The molecule has 0 saturated heterocycles. The van der Waals surface area contributed by atoms with Crippen molar-refractivity contribution in [3.05, 3.63) is 35.1 Å². The topological polar surface area (TPSA) is 46.3 Å². The highest BCUT2D eigenvalue weighted by molar-refractivity contribution is 5.96. The van der Waals surface area contributed by atoms with Gasteiger partial charge in [-0.3, -0.25) is 4.79 Å². The van der Waals surface area contributed by atoms with Gasteiger partial charge in [-0.15, -0.1) is 0 Å². The van der Waals surface area contributed by atoms with Gasteiger partial charge in [-0.05, 0) is 31.0 Å². The third kappa shape index (κ3) is 3.17. The van der Waals surface area contributed by atoms with Gasteiger partial charge in [0.2, 0.25) is 0 Å². The van der Waals surface area contributed by atoms with Gasteiger partial charge in [-0.25, -0.2) is 4.39 Å². The summed E-state index contributed by atoms with van der Waals surface area (Å²) >= 11 is 0. The summed E-state index contributed by atoms with van der Waals surface area (Å²) in [4.78, 5) is 14.2. The van der Waals surface area contributed by atoms with Crippen LogP contribution in [0.1, 0.15) is 41.6 Å². The number of hydrogen-bond donors (Lipinski definition) is 1. The highest BCUT2D eigenvalue weighted by atomic mass is 19.1. The number of rotatable bonds is 2. The maximum Gasteiger partial charge on any atom is 0.255 e. The quantitative estimate of drug-likeness (QED) is 0.840. The number of benzene rings is 1. The van der Waals surface area contributed by atoms with E-state index in [1.807, 2.05) is 0 Å². The third-order valence-electron chi connectivity index (χ3n) is 3.73. The van der Waals surface area contributed by atoms with Crippen molar-refractivity contribution in [2.45, 2.75) is 31.7 Å². The smallest absolute Gasteiger partial charge is 0.255 e. The molecule has 0 unspecified atom stereocenters. The number of nitrogens with zero attached hydrogens (tertiary/aromatic N) is 1. The van der Waals surface area contributed by atoms with E-state index in [0.717, 1.165) is 25.7 Å². The zero-order valence-corrected chi connectivity index (χ0v) is 11.7. The van der Waals surface area contributed by atoms with Crippen molar-refractivity contribution in [3.63, 3.8) is 0 Å². The van der Waals surface area contributed by atoms with Crippen molar-refractivity contribution in [1.82, 2.24) is 4.90 Å². The maximum absolute atomic E-state index is 13.4. The first-order valence-electron chi connectivity index (χ1n) is 6.89. The minimum atomic E-state index is -0.425. The molecule has 2 rings (SSSR count). The predicted octanol–water partition coefficient (Wildman–Crippen LogP) is 2.15. The Hall–Kier alpha value is -1.86. The first-order valence-corrected chi connectivity index (χ1v) is 6.89. The summed E-state index contributed by atoms with van der Waals surface area (Å²) in [7, 11) is 1.78. The largest absolute Gasteiger partial charge is 0.339 e. The number of nitrogens with two attached hydrogens (primary N) is 1. The summed E-state index contributed by atoms with van der Waals surface area (Å²) < 4.78 is 13.4. The van der Waals surface area contributed by atoms with Crippen LogP contribution in [0, 0.1) is 17.7 Å². The van der Waals surface area contributed by atoms with Crippen molar-refractivity contribution in [2.75, 3.05) is 13.6 Å². The van der Waals surface area contributed by atoms with Crippen molar-refractivity contribution in [2.24, 2.45) is 5.73 Å². The van der Waals surface area contributed by atoms with Gasteiger partial charge in [-0.2, -0.15) is 0 Å². The van der Waals surface area contributed by atoms with Gasteiger partial charge in [-0.1, -0.05) is 24.7 Å². The lowest BCUT2D eigenvalue weighted by Crippen LogP contribution is -2.35. The molecule has 0 heterocycles. The fraction of sp³-hybridized carbons (Fsp3) is 0.438. The lowest BCUT2D eigenvalue weighted by Gasteiger charge is -2.24. The molecule has 2 N–H and O–H groups in total. The molecular formula is C16H19FN2O. The van der Waals surface area contributed by atoms with Crippen LogP contribution in [-0.4, -0.2) is 30.4 Å². The van der Waals surface area contributed by atoms with Gasteiger partial charge in [0, 0.05) is 18.7 Å². The van der Waals surface area contributed by atoms with E-state index in [2.05, 4.69) is 11.8 Å². The molecule has 4 heteroatoms. The molecule has 0 spiro atoms. The monoisotopic (exact) mass is 274 g/mol. The molecule has 0 radical (unpaired) electrons. The Morgan fingerprint density at radius 1 is 1.45 bits per heavy atom. The summed E-state index contributed by atoms with van der Waals surface area (Å²) in [5, 5.41) is 0. The summed E-state index contributed by atoms with van der Waals surface area (Å²) in [6.45, 7) is 0.212. The van der Waals surface area contributed by atoms with Crippen molar-refractivity contribution < 1.29 is 9.18 Å². The second kappa shape index (κ2) is 6.53. The molecule has 1 aromatic carbocycles. The van der Waals surface area contributed by atoms with Crippen LogP contribution < -0.4 is 5.73 Å². The lowest BCUT2D eigenvalue weighted by atomic mass is 10.1. The van der Waals surface area contributed by atoms with Crippen LogP contribution in [-0.2, 0) is 0 Å². The minimum absolute atomic E-state index is 0.169. The summed E-state index contributed by atoms with van der Waals surface area (Å²) in [5.74, 6) is 4.96. The molecule has 106 valence electrons. The van der Waals surface area contributed by atoms with Gasteiger partial charge >= 0.3 is 0 Å². The van der Waals surface area contributed by atoms with E-state index in [9.17, 15) is 9.18 Å². The number of amides is 1. The number of carbonyl (C=O) groups excluding carboxylic acids is 1. The molecule has 1 aliphatic carbocycles. The number of hydrogen-bond acceptors (Lipinski definition) is 2. The van der Waals surface area contributed by atoms with Gasteiger partial charge in [0.25, 0.3) is 5.91 Å². The molecular weight excluding hydrogens is 255 g/mol. The molecule has 1 aliphatic rings. The van der Waals surface area contributed by atoms with Gasteiger partial charge in [0.1, 0.15) is 5.82 Å². The molecule has 0 atom stereocenters. The van der Waals surface area contributed by atoms with E-state index in [0.29, 0.717) is 11.1 Å². The summed E-state index contributed by atoms with van der Waals surface area (Å²) in [6, 6.07) is 4.36. The molecule has 3 nitrogen and oxygen atoms in total. The van der Waals surface area contributed by atoms with Crippen molar-refractivity contribution >= 4 is 5.91 Å². The van der Waals surface area contributed by atoms with Crippen LogP contribution in [0.5, 0.6) is 0 Å². The average Bonchev–Trinajstić information content (AvgIpc) is 2.98. The Labute approximate surface area is 119 Å². The molecule has 1 amide bonds. The molecule has 20 heavy (non-hydrogen) atoms. The van der Waals surface area contributed by atoms with Gasteiger partial charge in [0.05, 0.1) is 12.1 Å². The van der Waals surface area contributed by atoms with Gasteiger partial charge < -0.3 is 10.6 Å². The Morgan fingerprint density at radius 3 is 2.80 bits per heavy atom. The van der Waals surface area contributed by atoms with Gasteiger partial charge in [0.15, 0.2) is 0 Å². The van der Waals surface area contributed by atoms with E-state index in [4.69, 9.17) is 5.73 Å². The van der Waals surface area contributed by atoms with E-state index < -0.39 is 5.82 Å². The SMILES string of the molecule is CN(C(=O)c1cc(F)ccc1C#CCN)C1CCCC1. The van der Waals surface area contributed by atoms with Crippen LogP contribution in [0.4, 0.5) is 4.39 Å². The molecule has 0 aliphatic heterocycles. The van der Waals surface area contributed by atoms with Crippen molar-refractivity contribution in [3.8, 4) is 11.8 Å². The maximum atomic E-state index is 13.4. The molecule has 1 fully saturated rings. The Kier molecular flexibility index (Phi) is 4.75. The Bertz CT molecular complexity index is 553. The van der Waals surface area contributed by atoms with E-state index in [-0.39, 0.29) is 18.5 Å². The standard InChI is InChI=1S/C16H19FN2O/c1-19(14-6-2-3-7-14)16(20)15-11-13(17)9-8-12(15)5-4-10-18/h8-9,11,14H,2-3,6-7,10,18H2,1H3. The highest BCUT2D eigenvalue weighted by Gasteiger charge is 2.25. The van der Waals surface area contributed by atoms with Crippen LogP contribution in [0.3, 0.4) is 0 Å². The lowest BCUT2D eigenvalue weighted by molar-refractivity contribution is 0.0734. The molecule has 0 bridgehead atoms. The van der Waals surface area contributed by atoms with Crippen LogP contribution in [0.2, 0.25) is 0 Å². The first kappa shape index (κ1) is 14.5. The second-order valence-corrected chi connectivity index (χ2v) is 5.05. The van der Waals surface area contributed by atoms with Crippen LogP contribution in [0.15, 0.2) is 18.2 Å². The molecule has 1 aromatic rings. The minimum Gasteiger partial charge on any atom is -0.339 e. The molecule has 0 aromatic heterocycles. The fourth-order valence-electron chi connectivity index (χ4n) is 2.60. The fourth-order valence-corrected chi connectivity index (χ4v) is 2.60. The zero-order chi connectivity index (χ0) is 14.5. The highest BCUT2D eigenvalue weighted by Crippen LogP contribution is 2.24. The average molecular weight is 274 g/mol. The zero-order valence-electron chi connectivity index (χ0n) is 11.7. The van der Waals surface area contributed by atoms with E-state index in [1.165, 1.54) is 18.2 Å². The number of halogens is 1. The van der Waals surface area contributed by atoms with E-state index in [1.54, 1.807) is 11.9 Å². The van der Waals surface area contributed by atoms with E-state index >= 15 is 0 Å². The molecule has 1 saturated carbocycles. The summed E-state index contributed by atoms with van der Waals surface area (Å²) in [5.41, 5.74) is 6.20. The second-order valence-electron chi connectivity index (χ2n) is 5.05. The third-order valence-corrected chi connectivity index (χ3v) is 3.73. The van der Waals surface area contributed by atoms with Crippen LogP contribution >= 0.6 is 0 Å². The normalized spacial score (nSPS) is 14.8. The Morgan fingerprint density at radius 2 is 2.15 bits per heavy atom. The van der Waals surface area contributed by atoms with Crippen molar-refractivity contribution in [1.29, 1.82) is 0 Å². The number of carbonyl (C=O) groups is 1.